The number of hydrogen-bond donors (Lipinski definition) is 1. The lowest BCUT2D eigenvalue weighted by Crippen LogP contribution is -2.11. The minimum absolute atomic E-state index is 0.131. The number of carbonyl (C=O) groups is 1. The van der Waals surface area contributed by atoms with Gasteiger partial charge >= 0.3 is 0 Å². The number of nitrogens with one attached hydrogen (secondary N) is 1. The minimum Gasteiger partial charge on any atom is -0.491 e. The van der Waals surface area contributed by atoms with Crippen LogP contribution in [0, 0.1) is 0 Å². The van der Waals surface area contributed by atoms with Gasteiger partial charge in [0.15, 0.2) is 0 Å². The van der Waals surface area contributed by atoms with Crippen LogP contribution in [0.15, 0.2) is 36.4 Å². The summed E-state index contributed by atoms with van der Waals surface area (Å²) in [5.74, 6) is 0.644. The molecule has 1 unspecified atom stereocenters. The van der Waals surface area contributed by atoms with Gasteiger partial charge in [0.25, 0.3) is 0 Å². The zero-order valence-electron chi connectivity index (χ0n) is 10.6. The number of allylic oxidation sites excluding steroid dienone is 1. The van der Waals surface area contributed by atoms with Gasteiger partial charge in [-0.05, 0) is 38.5 Å². The van der Waals surface area contributed by atoms with E-state index in [2.05, 4.69) is 12.2 Å². The van der Waals surface area contributed by atoms with Crippen LogP contribution in [0.25, 0.3) is 0 Å². The molecule has 0 spiro atoms. The van der Waals surface area contributed by atoms with Crippen LogP contribution in [0.1, 0.15) is 27.2 Å². The van der Waals surface area contributed by atoms with Crippen molar-refractivity contribution in [1.29, 1.82) is 0 Å². The van der Waals surface area contributed by atoms with Crippen LogP contribution < -0.4 is 10.1 Å². The molecule has 17 heavy (non-hydrogen) atoms. The molecule has 1 rings (SSSR count). The number of rotatable bonds is 5. The predicted molar refractivity (Wildman–Crippen MR) is 70.3 cm³/mol. The predicted octanol–water partition coefficient (Wildman–Crippen LogP) is 3.38. The summed E-state index contributed by atoms with van der Waals surface area (Å²) in [6, 6.07) is 7.42. The third-order valence-electron chi connectivity index (χ3n) is 2.33. The summed E-state index contributed by atoms with van der Waals surface area (Å²) in [6.45, 7) is 5.90. The molecule has 1 aromatic rings. The summed E-state index contributed by atoms with van der Waals surface area (Å²) in [4.78, 5) is 11.4. The Labute approximate surface area is 102 Å². The smallest absolute Gasteiger partial charge is 0.248 e. The first-order valence-electron chi connectivity index (χ1n) is 5.86. The van der Waals surface area contributed by atoms with E-state index >= 15 is 0 Å². The fraction of sp³-hybridized carbons (Fsp3) is 0.357. The maximum absolute atomic E-state index is 11.4. The molecular formula is C14H19NO2. The number of amides is 1. The SMILES string of the molecule is CC=CC(=O)Nc1cccc(OC(C)CC)c1. The van der Waals surface area contributed by atoms with Gasteiger partial charge in [-0.25, -0.2) is 0 Å². The molecule has 1 atom stereocenters. The molecule has 1 N–H and O–H groups in total. The summed E-state index contributed by atoms with van der Waals surface area (Å²) in [5.41, 5.74) is 0.744. The molecule has 0 heterocycles. The largest absolute Gasteiger partial charge is 0.491 e. The maximum Gasteiger partial charge on any atom is 0.248 e. The van der Waals surface area contributed by atoms with Crippen molar-refractivity contribution >= 4 is 11.6 Å². The molecular weight excluding hydrogens is 214 g/mol. The quantitative estimate of drug-likeness (QED) is 0.792. The van der Waals surface area contributed by atoms with E-state index in [9.17, 15) is 4.79 Å². The average molecular weight is 233 g/mol. The standard InChI is InChI=1S/C14H19NO2/c1-4-7-14(16)15-12-8-6-9-13(10-12)17-11(3)5-2/h4,6-11H,5H2,1-3H3,(H,15,16). The van der Waals surface area contributed by atoms with Crippen LogP contribution in [0.2, 0.25) is 0 Å². The molecule has 0 bridgehead atoms. The van der Waals surface area contributed by atoms with E-state index < -0.39 is 0 Å². The van der Waals surface area contributed by atoms with E-state index in [4.69, 9.17) is 4.74 Å². The fourth-order valence-corrected chi connectivity index (χ4v) is 1.30. The summed E-state index contributed by atoms with van der Waals surface area (Å²) in [5, 5.41) is 2.77. The lowest BCUT2D eigenvalue weighted by atomic mass is 10.2. The van der Waals surface area contributed by atoms with E-state index in [-0.39, 0.29) is 12.0 Å². The molecule has 1 amide bonds. The summed E-state index contributed by atoms with van der Waals surface area (Å²) in [6.07, 6.45) is 4.32. The Hall–Kier alpha value is -1.77. The number of benzene rings is 1. The number of hydrogen-bond acceptors (Lipinski definition) is 2. The maximum atomic E-state index is 11.4. The van der Waals surface area contributed by atoms with Crippen molar-refractivity contribution in [3.63, 3.8) is 0 Å². The lowest BCUT2D eigenvalue weighted by molar-refractivity contribution is -0.111. The van der Waals surface area contributed by atoms with Crippen molar-refractivity contribution in [3.8, 4) is 5.75 Å². The topological polar surface area (TPSA) is 38.3 Å². The van der Waals surface area contributed by atoms with Gasteiger partial charge in [-0.15, -0.1) is 0 Å². The van der Waals surface area contributed by atoms with Crippen molar-refractivity contribution in [3.05, 3.63) is 36.4 Å². The van der Waals surface area contributed by atoms with Gasteiger partial charge < -0.3 is 10.1 Å². The molecule has 0 aromatic heterocycles. The van der Waals surface area contributed by atoms with Crippen molar-refractivity contribution in [2.75, 3.05) is 5.32 Å². The molecule has 3 nitrogen and oxygen atoms in total. The Kier molecular flexibility index (Phi) is 5.27. The van der Waals surface area contributed by atoms with Gasteiger partial charge in [-0.3, -0.25) is 4.79 Å². The highest BCUT2D eigenvalue weighted by Crippen LogP contribution is 2.19. The van der Waals surface area contributed by atoms with E-state index in [0.717, 1.165) is 17.9 Å². The average Bonchev–Trinajstić information content (AvgIpc) is 2.29. The second kappa shape index (κ2) is 6.74. The first-order valence-corrected chi connectivity index (χ1v) is 5.86. The zero-order valence-corrected chi connectivity index (χ0v) is 10.6. The molecule has 0 saturated heterocycles. The molecule has 0 saturated carbocycles. The molecule has 92 valence electrons. The van der Waals surface area contributed by atoms with E-state index in [1.165, 1.54) is 6.08 Å². The third-order valence-corrected chi connectivity index (χ3v) is 2.33. The molecule has 1 aromatic carbocycles. The Morgan fingerprint density at radius 2 is 2.29 bits per heavy atom. The van der Waals surface area contributed by atoms with Crippen LogP contribution >= 0.6 is 0 Å². The van der Waals surface area contributed by atoms with Crippen LogP contribution in [0.5, 0.6) is 5.75 Å². The zero-order chi connectivity index (χ0) is 12.7. The monoisotopic (exact) mass is 233 g/mol. The number of ether oxygens (including phenoxy) is 1. The number of carbonyl (C=O) groups excluding carboxylic acids is 1. The van der Waals surface area contributed by atoms with Gasteiger partial charge in [0, 0.05) is 11.8 Å². The van der Waals surface area contributed by atoms with E-state index in [1.54, 1.807) is 6.08 Å². The van der Waals surface area contributed by atoms with E-state index in [0.29, 0.717) is 0 Å². The molecule has 0 radical (unpaired) electrons. The first kappa shape index (κ1) is 13.3. The highest BCUT2D eigenvalue weighted by atomic mass is 16.5. The fourth-order valence-electron chi connectivity index (χ4n) is 1.30. The highest BCUT2D eigenvalue weighted by Gasteiger charge is 2.03. The summed E-state index contributed by atoms with van der Waals surface area (Å²) in [7, 11) is 0. The van der Waals surface area contributed by atoms with Crippen molar-refractivity contribution in [1.82, 2.24) is 0 Å². The van der Waals surface area contributed by atoms with Crippen LogP contribution in [-0.2, 0) is 4.79 Å². The Bertz CT molecular complexity index is 399. The number of anilines is 1. The van der Waals surface area contributed by atoms with Gasteiger partial charge in [0.05, 0.1) is 6.10 Å². The second-order valence-corrected chi connectivity index (χ2v) is 3.85. The van der Waals surface area contributed by atoms with Crippen LogP contribution in [0.3, 0.4) is 0 Å². The molecule has 0 aliphatic carbocycles. The molecule has 3 heteroatoms. The van der Waals surface area contributed by atoms with Crippen molar-refractivity contribution < 1.29 is 9.53 Å². The lowest BCUT2D eigenvalue weighted by Gasteiger charge is -2.13. The minimum atomic E-state index is -0.131. The van der Waals surface area contributed by atoms with Crippen molar-refractivity contribution in [2.45, 2.75) is 33.3 Å². The van der Waals surface area contributed by atoms with Crippen LogP contribution in [0.4, 0.5) is 5.69 Å². The second-order valence-electron chi connectivity index (χ2n) is 3.85. The first-order chi connectivity index (χ1) is 8.15. The summed E-state index contributed by atoms with van der Waals surface area (Å²) >= 11 is 0. The Morgan fingerprint density at radius 1 is 1.53 bits per heavy atom. The Morgan fingerprint density at radius 3 is 2.94 bits per heavy atom. The van der Waals surface area contributed by atoms with Gasteiger partial charge in [0.2, 0.25) is 5.91 Å². The molecule has 0 fully saturated rings. The third kappa shape index (κ3) is 4.72. The normalized spacial score (nSPS) is 12.4. The van der Waals surface area contributed by atoms with Gasteiger partial charge in [0.1, 0.15) is 5.75 Å². The highest BCUT2D eigenvalue weighted by molar-refractivity contribution is 5.99. The molecule has 0 aliphatic heterocycles. The Balaban J connectivity index is 2.68. The summed E-state index contributed by atoms with van der Waals surface area (Å²) < 4.78 is 5.68. The van der Waals surface area contributed by atoms with Crippen molar-refractivity contribution in [2.24, 2.45) is 0 Å². The van der Waals surface area contributed by atoms with Gasteiger partial charge in [-0.2, -0.15) is 0 Å². The molecule has 0 aliphatic rings. The van der Waals surface area contributed by atoms with Gasteiger partial charge in [-0.1, -0.05) is 19.1 Å². The van der Waals surface area contributed by atoms with E-state index in [1.807, 2.05) is 38.1 Å². The van der Waals surface area contributed by atoms with Crippen LogP contribution in [-0.4, -0.2) is 12.0 Å².